The molecule has 0 spiro atoms. The molecule has 0 aromatic rings. The van der Waals surface area contributed by atoms with Crippen LogP contribution in [-0.2, 0) is 19.1 Å². The highest BCUT2D eigenvalue weighted by Crippen LogP contribution is 2.55. The summed E-state index contributed by atoms with van der Waals surface area (Å²) in [5.41, 5.74) is -5.03. The van der Waals surface area contributed by atoms with Crippen molar-refractivity contribution in [2.45, 2.75) is 75.7 Å². The minimum Gasteiger partial charge on any atom is -0.459 e. The molecule has 0 aromatic heterocycles. The minimum atomic E-state index is -2.34. The van der Waals surface area contributed by atoms with E-state index in [1.165, 1.54) is 6.92 Å². The van der Waals surface area contributed by atoms with E-state index >= 15 is 0 Å². The third-order valence-electron chi connectivity index (χ3n) is 6.09. The van der Waals surface area contributed by atoms with Crippen LogP contribution >= 0.6 is 0 Å². The highest BCUT2D eigenvalue weighted by Gasteiger charge is 2.73. The van der Waals surface area contributed by atoms with Gasteiger partial charge in [-0.15, -0.1) is 0 Å². The molecule has 8 nitrogen and oxygen atoms in total. The zero-order valence-electron chi connectivity index (χ0n) is 14.6. The monoisotopic (exact) mass is 356 g/mol. The van der Waals surface area contributed by atoms with Crippen molar-refractivity contribution in [3.63, 3.8) is 0 Å². The normalized spacial score (nSPS) is 49.4. The van der Waals surface area contributed by atoms with Gasteiger partial charge in [-0.3, -0.25) is 4.79 Å². The summed E-state index contributed by atoms with van der Waals surface area (Å²) in [5, 5.41) is 42.7. The number of ether oxygens (including phenoxy) is 2. The lowest BCUT2D eigenvalue weighted by Crippen LogP contribution is -2.63. The van der Waals surface area contributed by atoms with Gasteiger partial charge >= 0.3 is 11.9 Å². The topological polar surface area (TPSA) is 134 Å². The second-order valence-electron chi connectivity index (χ2n) is 7.75. The van der Waals surface area contributed by atoms with Crippen LogP contribution in [0.1, 0.15) is 40.5 Å². The van der Waals surface area contributed by atoms with E-state index in [2.05, 4.69) is 0 Å². The van der Waals surface area contributed by atoms with Gasteiger partial charge in [0.2, 0.25) is 0 Å². The van der Waals surface area contributed by atoms with Crippen molar-refractivity contribution in [3.05, 3.63) is 11.1 Å². The van der Waals surface area contributed by atoms with Gasteiger partial charge in [0.15, 0.2) is 17.3 Å². The summed E-state index contributed by atoms with van der Waals surface area (Å²) >= 11 is 0. The van der Waals surface area contributed by atoms with Crippen LogP contribution in [0.25, 0.3) is 0 Å². The Morgan fingerprint density at radius 1 is 1.28 bits per heavy atom. The number of carbonyl (C=O) groups excluding carboxylic acids is 2. The Morgan fingerprint density at radius 2 is 1.88 bits per heavy atom. The molecule has 0 unspecified atom stereocenters. The van der Waals surface area contributed by atoms with E-state index in [0.717, 1.165) is 6.92 Å². The van der Waals surface area contributed by atoms with Gasteiger partial charge in [-0.05, 0) is 38.3 Å². The van der Waals surface area contributed by atoms with E-state index in [9.17, 15) is 30.0 Å². The van der Waals surface area contributed by atoms with Gasteiger partial charge in [0.05, 0.1) is 12.2 Å². The Balaban J connectivity index is 2.22. The smallest absolute Gasteiger partial charge is 0.341 e. The molecular formula is C17H24O8. The van der Waals surface area contributed by atoms with Crippen molar-refractivity contribution in [3.8, 4) is 0 Å². The molecule has 1 saturated heterocycles. The van der Waals surface area contributed by atoms with Gasteiger partial charge < -0.3 is 29.9 Å². The molecule has 0 bridgehead atoms. The first kappa shape index (κ1) is 18.3. The Labute approximate surface area is 145 Å². The first-order chi connectivity index (χ1) is 11.4. The van der Waals surface area contributed by atoms with Gasteiger partial charge in [-0.2, -0.15) is 0 Å². The molecule has 8 heteroatoms. The number of carbonyl (C=O) groups is 2. The number of fused-ring (bicyclic) bond motifs is 3. The van der Waals surface area contributed by atoms with Crippen molar-refractivity contribution < 1.29 is 39.5 Å². The number of hydrogen-bond acceptors (Lipinski definition) is 8. The third kappa shape index (κ3) is 2.21. The second-order valence-corrected chi connectivity index (χ2v) is 7.75. The van der Waals surface area contributed by atoms with E-state index < -0.39 is 53.0 Å². The SMILES string of the molecule is CC(=O)O[C@@]1(C)C[C@H](O)[C@@]2(O)[C@@H](OC(=O)[C@@]2(C)O)C2=C(C)[C@H](O)C[C@@H]21. The van der Waals surface area contributed by atoms with Crippen LogP contribution in [0, 0.1) is 5.92 Å². The molecule has 3 rings (SSSR count). The van der Waals surface area contributed by atoms with Crippen LogP contribution in [-0.4, -0.2) is 67.5 Å². The molecule has 1 heterocycles. The van der Waals surface area contributed by atoms with E-state index in [1.54, 1.807) is 13.8 Å². The zero-order chi connectivity index (χ0) is 18.9. The predicted molar refractivity (Wildman–Crippen MR) is 83.1 cm³/mol. The van der Waals surface area contributed by atoms with Crippen LogP contribution in [0.5, 0.6) is 0 Å². The average molecular weight is 356 g/mol. The molecule has 2 fully saturated rings. The van der Waals surface area contributed by atoms with Crippen molar-refractivity contribution in [1.29, 1.82) is 0 Å². The molecule has 7 atom stereocenters. The van der Waals surface area contributed by atoms with Crippen LogP contribution in [0.2, 0.25) is 0 Å². The van der Waals surface area contributed by atoms with Gasteiger partial charge in [0.1, 0.15) is 5.60 Å². The number of hydrogen-bond donors (Lipinski definition) is 4. The third-order valence-corrected chi connectivity index (χ3v) is 6.09. The molecule has 25 heavy (non-hydrogen) atoms. The summed E-state index contributed by atoms with van der Waals surface area (Å²) in [4.78, 5) is 23.7. The fraction of sp³-hybridized carbons (Fsp3) is 0.765. The fourth-order valence-electron chi connectivity index (χ4n) is 4.61. The van der Waals surface area contributed by atoms with Crippen molar-refractivity contribution >= 4 is 11.9 Å². The number of rotatable bonds is 1. The van der Waals surface area contributed by atoms with Gasteiger partial charge in [0, 0.05) is 19.3 Å². The van der Waals surface area contributed by atoms with E-state index in [0.29, 0.717) is 11.1 Å². The maximum absolute atomic E-state index is 12.1. The highest BCUT2D eigenvalue weighted by atomic mass is 16.6. The van der Waals surface area contributed by atoms with Gasteiger partial charge in [0.25, 0.3) is 0 Å². The van der Waals surface area contributed by atoms with Crippen LogP contribution in [0.15, 0.2) is 11.1 Å². The lowest BCUT2D eigenvalue weighted by Gasteiger charge is -2.39. The number of aliphatic hydroxyl groups excluding tert-OH is 2. The number of aliphatic hydroxyl groups is 4. The van der Waals surface area contributed by atoms with Gasteiger partial charge in [-0.1, -0.05) is 0 Å². The first-order valence-corrected chi connectivity index (χ1v) is 8.28. The standard InChI is InChI=1S/C17H24O8/c1-7-10(19)5-9-12(7)13-17(23,16(4,22)14(21)24-13)11(20)6-15(9,3)25-8(2)18/h9-11,13,19-20,22-23H,5-6H2,1-4H3/t9-,10+,11-,13-,15-,16+,17+/m0/s1. The van der Waals surface area contributed by atoms with E-state index in [1.807, 2.05) is 0 Å². The quantitative estimate of drug-likeness (QED) is 0.354. The maximum Gasteiger partial charge on any atom is 0.341 e. The first-order valence-electron chi connectivity index (χ1n) is 8.28. The molecule has 0 aromatic carbocycles. The summed E-state index contributed by atoms with van der Waals surface area (Å²) in [6.07, 6.45) is -3.81. The van der Waals surface area contributed by atoms with Crippen molar-refractivity contribution in [2.24, 2.45) is 5.92 Å². The molecule has 4 N–H and O–H groups in total. The summed E-state index contributed by atoms with van der Waals surface area (Å²) in [6, 6.07) is 0. The zero-order valence-corrected chi connectivity index (χ0v) is 14.6. The maximum atomic E-state index is 12.1. The lowest BCUT2D eigenvalue weighted by atomic mass is 9.75. The Kier molecular flexibility index (Phi) is 3.85. The molecule has 140 valence electrons. The Bertz CT molecular complexity index is 668. The van der Waals surface area contributed by atoms with Crippen molar-refractivity contribution in [2.75, 3.05) is 0 Å². The molecular weight excluding hydrogens is 332 g/mol. The summed E-state index contributed by atoms with van der Waals surface area (Å²) in [7, 11) is 0. The van der Waals surface area contributed by atoms with Crippen LogP contribution < -0.4 is 0 Å². The summed E-state index contributed by atoms with van der Waals surface area (Å²) in [6.45, 7) is 5.56. The molecule has 2 aliphatic carbocycles. The largest absolute Gasteiger partial charge is 0.459 e. The molecule has 1 aliphatic heterocycles. The molecule has 0 amide bonds. The van der Waals surface area contributed by atoms with E-state index in [-0.39, 0.29) is 12.8 Å². The Hall–Kier alpha value is -1.48. The van der Waals surface area contributed by atoms with Gasteiger partial charge in [-0.25, -0.2) is 4.79 Å². The Morgan fingerprint density at radius 3 is 2.44 bits per heavy atom. The molecule has 3 aliphatic rings. The number of esters is 2. The summed E-state index contributed by atoms with van der Waals surface area (Å²) < 4.78 is 10.7. The minimum absolute atomic E-state index is 0.198. The van der Waals surface area contributed by atoms with E-state index in [4.69, 9.17) is 9.47 Å². The highest BCUT2D eigenvalue weighted by molar-refractivity contribution is 5.85. The predicted octanol–water partition coefficient (Wildman–Crippen LogP) is -0.822. The molecule has 1 saturated carbocycles. The van der Waals surface area contributed by atoms with Crippen molar-refractivity contribution in [1.82, 2.24) is 0 Å². The van der Waals surface area contributed by atoms with Crippen LogP contribution in [0.4, 0.5) is 0 Å². The average Bonchev–Trinajstić information content (AvgIpc) is 2.84. The molecule has 0 radical (unpaired) electrons. The second kappa shape index (κ2) is 5.26. The lowest BCUT2D eigenvalue weighted by molar-refractivity contribution is -0.195. The fourth-order valence-corrected chi connectivity index (χ4v) is 4.61. The summed E-state index contributed by atoms with van der Waals surface area (Å²) in [5.74, 6) is -2.19. The van der Waals surface area contributed by atoms with Crippen LogP contribution in [0.3, 0.4) is 0 Å².